The molecule has 0 saturated carbocycles. The van der Waals surface area contributed by atoms with Crippen molar-refractivity contribution in [2.75, 3.05) is 9.80 Å². The van der Waals surface area contributed by atoms with Crippen molar-refractivity contribution in [1.82, 2.24) is 4.98 Å². The van der Waals surface area contributed by atoms with E-state index in [4.69, 9.17) is 9.40 Å². The van der Waals surface area contributed by atoms with Gasteiger partial charge in [-0.25, -0.2) is 4.98 Å². The lowest BCUT2D eigenvalue weighted by molar-refractivity contribution is 0.620. The van der Waals surface area contributed by atoms with Crippen LogP contribution in [0.1, 0.15) is 0 Å². The minimum absolute atomic E-state index is 0.603. The van der Waals surface area contributed by atoms with E-state index >= 15 is 0 Å². The summed E-state index contributed by atoms with van der Waals surface area (Å²) in [6.45, 7) is 0. The summed E-state index contributed by atoms with van der Waals surface area (Å²) in [5.41, 5.74) is 13.3. The third-order valence-corrected chi connectivity index (χ3v) is 9.47. The second kappa shape index (κ2) is 14.2. The average molecular weight is 682 g/mol. The Balaban J connectivity index is 1.14. The van der Waals surface area contributed by atoms with Gasteiger partial charge in [-0.1, -0.05) is 115 Å². The van der Waals surface area contributed by atoms with Crippen molar-refractivity contribution in [2.45, 2.75) is 0 Å². The smallest absolute Gasteiger partial charge is 0.227 e. The summed E-state index contributed by atoms with van der Waals surface area (Å²) in [5.74, 6) is 0.603. The first-order chi connectivity index (χ1) is 26.3. The van der Waals surface area contributed by atoms with Gasteiger partial charge in [0.1, 0.15) is 5.52 Å². The van der Waals surface area contributed by atoms with Crippen LogP contribution in [0.3, 0.4) is 0 Å². The summed E-state index contributed by atoms with van der Waals surface area (Å²) in [6.07, 6.45) is 0. The molecule has 9 aromatic rings. The highest BCUT2D eigenvalue weighted by Gasteiger charge is 2.18. The molecule has 9 rings (SSSR count). The van der Waals surface area contributed by atoms with Crippen molar-refractivity contribution in [3.63, 3.8) is 0 Å². The number of hydrogen-bond acceptors (Lipinski definition) is 4. The van der Waals surface area contributed by atoms with Crippen LogP contribution >= 0.6 is 0 Å². The van der Waals surface area contributed by atoms with Gasteiger partial charge in [-0.15, -0.1) is 0 Å². The molecule has 0 atom stereocenters. The molecule has 53 heavy (non-hydrogen) atoms. The molecule has 252 valence electrons. The summed E-state index contributed by atoms with van der Waals surface area (Å²) in [6, 6.07) is 73.8. The van der Waals surface area contributed by atoms with E-state index in [1.165, 1.54) is 0 Å². The second-order valence-corrected chi connectivity index (χ2v) is 12.9. The van der Waals surface area contributed by atoms with Crippen LogP contribution in [0, 0.1) is 0 Å². The maximum Gasteiger partial charge on any atom is 0.227 e. The van der Waals surface area contributed by atoms with E-state index in [1.807, 2.05) is 54.6 Å². The zero-order chi connectivity index (χ0) is 35.4. The maximum absolute atomic E-state index is 6.51. The normalized spacial score (nSPS) is 11.0. The highest BCUT2D eigenvalue weighted by Crippen LogP contribution is 2.40. The Bertz CT molecular complexity index is 2490. The maximum atomic E-state index is 6.51. The van der Waals surface area contributed by atoms with Crippen molar-refractivity contribution >= 4 is 45.2 Å². The molecule has 0 amide bonds. The van der Waals surface area contributed by atoms with Crippen molar-refractivity contribution in [2.24, 2.45) is 0 Å². The number of anilines is 6. The summed E-state index contributed by atoms with van der Waals surface area (Å²) in [4.78, 5) is 9.61. The van der Waals surface area contributed by atoms with Gasteiger partial charge in [-0.2, -0.15) is 0 Å². The fourth-order valence-electron chi connectivity index (χ4n) is 6.92. The van der Waals surface area contributed by atoms with Crippen LogP contribution in [0.2, 0.25) is 0 Å². The third-order valence-electron chi connectivity index (χ3n) is 9.47. The molecular weight excluding hydrogens is 647 g/mol. The van der Waals surface area contributed by atoms with Crippen molar-refractivity contribution in [3.05, 3.63) is 212 Å². The van der Waals surface area contributed by atoms with E-state index in [9.17, 15) is 0 Å². The third kappa shape index (κ3) is 6.46. The molecule has 0 fully saturated rings. The molecule has 0 aliphatic heterocycles. The van der Waals surface area contributed by atoms with E-state index in [-0.39, 0.29) is 0 Å². The number of hydrogen-bond donors (Lipinski definition) is 0. The minimum atomic E-state index is 0.603. The number of aromatic nitrogens is 1. The number of para-hydroxylation sites is 4. The van der Waals surface area contributed by atoms with Crippen molar-refractivity contribution in [3.8, 4) is 33.7 Å². The molecular formula is C49H35N3O. The number of oxazole rings is 1. The Labute approximate surface area is 309 Å². The van der Waals surface area contributed by atoms with E-state index < -0.39 is 0 Å². The molecule has 0 unspecified atom stereocenters. The van der Waals surface area contributed by atoms with Gasteiger partial charge in [0, 0.05) is 45.3 Å². The van der Waals surface area contributed by atoms with Gasteiger partial charge in [-0.3, -0.25) is 0 Å². The first-order valence-electron chi connectivity index (χ1n) is 17.8. The monoisotopic (exact) mass is 681 g/mol. The fourth-order valence-corrected chi connectivity index (χ4v) is 6.92. The molecule has 8 aromatic carbocycles. The number of fused-ring (bicyclic) bond motifs is 1. The van der Waals surface area contributed by atoms with Gasteiger partial charge >= 0.3 is 0 Å². The lowest BCUT2D eigenvalue weighted by Crippen LogP contribution is -2.09. The Kier molecular flexibility index (Phi) is 8.53. The number of nitrogens with zero attached hydrogens (tertiary/aromatic N) is 3. The molecule has 4 nitrogen and oxygen atoms in total. The van der Waals surface area contributed by atoms with Crippen LogP contribution in [0.15, 0.2) is 217 Å². The zero-order valence-corrected chi connectivity index (χ0v) is 29.0. The topological polar surface area (TPSA) is 32.5 Å². The van der Waals surface area contributed by atoms with Gasteiger partial charge in [0.25, 0.3) is 0 Å². The molecule has 1 aromatic heterocycles. The highest BCUT2D eigenvalue weighted by molar-refractivity contribution is 5.97. The lowest BCUT2D eigenvalue weighted by atomic mass is 9.97. The van der Waals surface area contributed by atoms with E-state index in [2.05, 4.69) is 168 Å². The fraction of sp³-hybridized carbons (Fsp3) is 0. The van der Waals surface area contributed by atoms with Crippen molar-refractivity contribution < 1.29 is 4.42 Å². The summed E-state index contributed by atoms with van der Waals surface area (Å²) in [5, 5.41) is 0. The molecule has 1 heterocycles. The second-order valence-electron chi connectivity index (χ2n) is 12.9. The zero-order valence-electron chi connectivity index (χ0n) is 29.0. The molecule has 4 heteroatoms. The first-order valence-corrected chi connectivity index (χ1v) is 17.8. The summed E-state index contributed by atoms with van der Waals surface area (Å²) < 4.78 is 6.51. The van der Waals surface area contributed by atoms with E-state index in [0.717, 1.165) is 73.0 Å². The molecule has 0 aliphatic carbocycles. The summed E-state index contributed by atoms with van der Waals surface area (Å²) >= 11 is 0. The molecule has 0 bridgehead atoms. The largest absolute Gasteiger partial charge is 0.436 e. The molecule has 0 saturated heterocycles. The van der Waals surface area contributed by atoms with Crippen LogP contribution in [-0.2, 0) is 0 Å². The van der Waals surface area contributed by atoms with Crippen molar-refractivity contribution in [1.29, 1.82) is 0 Å². The quantitative estimate of drug-likeness (QED) is 0.152. The predicted octanol–water partition coefficient (Wildman–Crippen LogP) is 13.8. The number of benzene rings is 8. The number of rotatable bonds is 9. The molecule has 0 spiro atoms. The Morgan fingerprint density at radius 1 is 0.321 bits per heavy atom. The Morgan fingerprint density at radius 2 is 0.698 bits per heavy atom. The van der Waals surface area contributed by atoms with Crippen LogP contribution in [-0.4, -0.2) is 4.98 Å². The van der Waals surface area contributed by atoms with Crippen LogP contribution < -0.4 is 9.80 Å². The van der Waals surface area contributed by atoms with E-state index in [1.54, 1.807) is 0 Å². The van der Waals surface area contributed by atoms with Gasteiger partial charge in [0.15, 0.2) is 5.58 Å². The Morgan fingerprint density at radius 3 is 1.13 bits per heavy atom. The molecule has 0 aliphatic rings. The average Bonchev–Trinajstić information content (AvgIpc) is 3.68. The standard InChI is InChI=1S/C49H35N3O/c1-6-16-38(17-7-1)49-50-48-46(37-28-32-45(33-29-37)52(42-22-12-4-13-23-42)43-24-14-5-15-25-43)34-39(35-47(48)53-49)36-26-30-44(31-27-36)51(40-18-8-2-9-19-40)41-20-10-3-11-21-41/h1-35H. The van der Waals surface area contributed by atoms with Crippen LogP contribution in [0.25, 0.3) is 44.8 Å². The van der Waals surface area contributed by atoms with Gasteiger partial charge < -0.3 is 14.2 Å². The molecule has 0 radical (unpaired) electrons. The van der Waals surface area contributed by atoms with Crippen LogP contribution in [0.5, 0.6) is 0 Å². The SMILES string of the molecule is c1ccc(-c2nc3c(-c4ccc(N(c5ccccc5)c5ccccc5)cc4)cc(-c4ccc(N(c5ccccc5)c5ccccc5)cc4)cc3o2)cc1. The molecule has 0 N–H and O–H groups in total. The van der Waals surface area contributed by atoms with Gasteiger partial charge in [-0.05, 0) is 114 Å². The summed E-state index contributed by atoms with van der Waals surface area (Å²) in [7, 11) is 0. The lowest BCUT2D eigenvalue weighted by Gasteiger charge is -2.25. The first kappa shape index (κ1) is 31.8. The highest BCUT2D eigenvalue weighted by atomic mass is 16.3. The van der Waals surface area contributed by atoms with Gasteiger partial charge in [0.05, 0.1) is 0 Å². The van der Waals surface area contributed by atoms with Gasteiger partial charge in [0.2, 0.25) is 5.89 Å². The van der Waals surface area contributed by atoms with Crippen LogP contribution in [0.4, 0.5) is 34.1 Å². The minimum Gasteiger partial charge on any atom is -0.436 e. The van der Waals surface area contributed by atoms with E-state index in [0.29, 0.717) is 5.89 Å². The predicted molar refractivity (Wildman–Crippen MR) is 220 cm³/mol. The Hall–Kier alpha value is -7.17.